The molecule has 4 N–H and O–H groups in total. The number of hydrogen-bond acceptors (Lipinski definition) is 11. The molecule has 1 rings (SSSR count). The Morgan fingerprint density at radius 2 is 0.917 bits per heavy atom. The van der Waals surface area contributed by atoms with Crippen LogP contribution in [-0.2, 0) is 38.3 Å². The zero-order valence-electron chi connectivity index (χ0n) is 44.2. The summed E-state index contributed by atoms with van der Waals surface area (Å²) in [5.41, 5.74) is 0. The van der Waals surface area contributed by atoms with Crippen LogP contribution in [0.4, 0.5) is 0 Å². The van der Waals surface area contributed by atoms with Gasteiger partial charge in [0.05, 0.1) is 19.8 Å². The second kappa shape index (κ2) is 48.4. The number of carbonyl (C=O) groups is 1. The standard InChI is InChI=1S/C59H96O12S/c1-3-5-7-9-11-13-15-17-19-21-23-25-26-27-29-31-33-35-37-39-41-43-45-47-49-67-51-53(52-68-59-57(63)58(71-72(64,65)66)56(62)54(50-60)70-59)69-55(61)48-46-44-42-40-38-36-34-32-30-28-24-22-20-18-16-14-12-10-8-6-4-2/h5-8,11-14,17-20,23-25,28,32,34,38,40,53-54,56-60,62-63H,3-4,9-10,15-16,21-22,26-27,29-31,33,35-37,39,41-52H2,1-2H3,(H,64,65,66)/b7-5-,8-6-,13-11-,14-12-,19-17-,20-18-,25-23-,28-24-,34-32-,40-38-. The molecular weight excluding hydrogens is 933 g/mol. The van der Waals surface area contributed by atoms with Crippen molar-refractivity contribution in [3.05, 3.63) is 122 Å². The Hall–Kier alpha value is -3.50. The van der Waals surface area contributed by atoms with Crippen LogP contribution in [-0.4, -0.2) is 97.5 Å². The maximum Gasteiger partial charge on any atom is 0.397 e. The number of allylic oxidation sites excluding steroid dienone is 20. The first kappa shape index (κ1) is 66.5. The van der Waals surface area contributed by atoms with Crippen LogP contribution in [0.2, 0.25) is 0 Å². The van der Waals surface area contributed by atoms with Gasteiger partial charge in [-0.25, -0.2) is 4.18 Å². The van der Waals surface area contributed by atoms with E-state index in [1.165, 1.54) is 51.4 Å². The van der Waals surface area contributed by atoms with E-state index in [0.717, 1.165) is 103 Å². The molecule has 0 saturated carbocycles. The number of aliphatic hydroxyl groups is 3. The number of unbranched alkanes of at least 4 members (excludes halogenated alkanes) is 13. The van der Waals surface area contributed by atoms with Crippen LogP contribution < -0.4 is 0 Å². The van der Waals surface area contributed by atoms with Crippen LogP contribution in [0.5, 0.6) is 0 Å². The van der Waals surface area contributed by atoms with Crippen molar-refractivity contribution in [2.24, 2.45) is 0 Å². The van der Waals surface area contributed by atoms with Crippen molar-refractivity contribution in [1.29, 1.82) is 0 Å². The number of rotatable bonds is 46. The molecule has 13 heteroatoms. The summed E-state index contributed by atoms with van der Waals surface area (Å²) in [6.07, 6.45) is 60.9. The third-order valence-electron chi connectivity index (χ3n) is 11.6. The van der Waals surface area contributed by atoms with Gasteiger partial charge in [0.15, 0.2) is 6.29 Å². The Morgan fingerprint density at radius 1 is 0.528 bits per heavy atom. The number of ether oxygens (including phenoxy) is 4. The van der Waals surface area contributed by atoms with Crippen LogP contribution in [0.25, 0.3) is 0 Å². The molecule has 410 valence electrons. The Bertz CT molecular complexity index is 1710. The zero-order chi connectivity index (χ0) is 52.4. The number of hydrogen-bond donors (Lipinski definition) is 4. The first-order valence-electron chi connectivity index (χ1n) is 27.3. The molecular formula is C59H96O12S. The molecule has 0 amide bonds. The van der Waals surface area contributed by atoms with Crippen LogP contribution in [0.15, 0.2) is 122 Å². The first-order valence-corrected chi connectivity index (χ1v) is 28.7. The van der Waals surface area contributed by atoms with Crippen LogP contribution in [0, 0.1) is 0 Å². The zero-order valence-corrected chi connectivity index (χ0v) is 45.0. The third-order valence-corrected chi connectivity index (χ3v) is 12.0. The van der Waals surface area contributed by atoms with Gasteiger partial charge in [-0.3, -0.25) is 9.35 Å². The Morgan fingerprint density at radius 3 is 1.33 bits per heavy atom. The van der Waals surface area contributed by atoms with Gasteiger partial charge < -0.3 is 34.3 Å². The average molecular weight is 1030 g/mol. The molecule has 0 spiro atoms. The van der Waals surface area contributed by atoms with Gasteiger partial charge in [0.2, 0.25) is 0 Å². The highest BCUT2D eigenvalue weighted by molar-refractivity contribution is 7.80. The minimum Gasteiger partial charge on any atom is -0.457 e. The van der Waals surface area contributed by atoms with Crippen molar-refractivity contribution in [3.8, 4) is 0 Å². The highest BCUT2D eigenvalue weighted by Gasteiger charge is 2.48. The third kappa shape index (κ3) is 40.9. The molecule has 12 nitrogen and oxygen atoms in total. The summed E-state index contributed by atoms with van der Waals surface area (Å²) in [5.74, 6) is -0.446. The smallest absolute Gasteiger partial charge is 0.397 e. The van der Waals surface area contributed by atoms with Gasteiger partial charge in [0, 0.05) is 13.0 Å². The lowest BCUT2D eigenvalue weighted by Gasteiger charge is -2.41. The molecule has 1 heterocycles. The predicted octanol–water partition coefficient (Wildman–Crippen LogP) is 13.3. The van der Waals surface area contributed by atoms with Gasteiger partial charge in [-0.15, -0.1) is 0 Å². The minimum absolute atomic E-state index is 0.00748. The molecule has 1 saturated heterocycles. The van der Waals surface area contributed by atoms with E-state index >= 15 is 0 Å². The van der Waals surface area contributed by atoms with Crippen molar-refractivity contribution >= 4 is 16.4 Å². The van der Waals surface area contributed by atoms with Crippen LogP contribution >= 0.6 is 0 Å². The normalized spacial score (nSPS) is 19.9. The second-order valence-corrected chi connectivity index (χ2v) is 19.1. The second-order valence-electron chi connectivity index (χ2n) is 18.1. The van der Waals surface area contributed by atoms with Gasteiger partial charge >= 0.3 is 16.4 Å². The molecule has 0 radical (unpaired) electrons. The SMILES string of the molecule is CC/C=C\C/C=C\C/C=C\C/C=C\C/C=C\C/C=C\CCCCC(=O)OC(COCCCCCCCCCCCCC/C=C\C/C=C\C/C=C\C/C=C\CC)COC1OC(CO)C(O)C(OS(=O)(=O)O)C1O. The maximum atomic E-state index is 12.9. The van der Waals surface area contributed by atoms with Gasteiger partial charge in [0.25, 0.3) is 0 Å². The van der Waals surface area contributed by atoms with Crippen molar-refractivity contribution < 1.29 is 56.2 Å². The lowest BCUT2D eigenvalue weighted by molar-refractivity contribution is -0.301. The van der Waals surface area contributed by atoms with E-state index in [1.807, 2.05) is 0 Å². The molecule has 6 unspecified atom stereocenters. The van der Waals surface area contributed by atoms with Gasteiger partial charge in [0.1, 0.15) is 30.5 Å². The molecule has 1 aliphatic rings. The molecule has 0 aromatic carbocycles. The monoisotopic (exact) mass is 1030 g/mol. The minimum atomic E-state index is -5.08. The summed E-state index contributed by atoms with van der Waals surface area (Å²) in [6.45, 7) is 3.69. The molecule has 0 aliphatic carbocycles. The fraction of sp³-hybridized carbons (Fsp3) is 0.644. The van der Waals surface area contributed by atoms with Crippen LogP contribution in [0.1, 0.15) is 181 Å². The Labute approximate surface area is 436 Å². The number of aliphatic hydroxyl groups excluding tert-OH is 3. The molecule has 0 bridgehead atoms. The first-order chi connectivity index (χ1) is 35.1. The Balaban J connectivity index is 2.37. The van der Waals surface area contributed by atoms with E-state index in [9.17, 15) is 33.1 Å². The lowest BCUT2D eigenvalue weighted by atomic mass is 9.99. The van der Waals surface area contributed by atoms with Crippen molar-refractivity contribution in [2.45, 2.75) is 218 Å². The lowest BCUT2D eigenvalue weighted by Crippen LogP contribution is -2.60. The molecule has 0 aromatic heterocycles. The van der Waals surface area contributed by atoms with E-state index in [4.69, 9.17) is 18.9 Å². The molecule has 6 atom stereocenters. The summed E-state index contributed by atoms with van der Waals surface area (Å²) >= 11 is 0. The molecule has 1 fully saturated rings. The predicted molar refractivity (Wildman–Crippen MR) is 294 cm³/mol. The van der Waals surface area contributed by atoms with E-state index in [2.05, 4.69) is 140 Å². The fourth-order valence-corrected chi connectivity index (χ4v) is 8.06. The van der Waals surface area contributed by atoms with E-state index in [0.29, 0.717) is 13.0 Å². The number of esters is 1. The molecule has 0 aromatic rings. The van der Waals surface area contributed by atoms with Crippen LogP contribution in [0.3, 0.4) is 0 Å². The highest BCUT2D eigenvalue weighted by atomic mass is 32.3. The summed E-state index contributed by atoms with van der Waals surface area (Å²) in [4.78, 5) is 12.9. The Kier molecular flexibility index (Phi) is 44.7. The topological polar surface area (TPSA) is 178 Å². The van der Waals surface area contributed by atoms with E-state index in [1.54, 1.807) is 0 Å². The van der Waals surface area contributed by atoms with E-state index < -0.39 is 59.8 Å². The summed E-state index contributed by atoms with van der Waals surface area (Å²) < 4.78 is 59.3. The van der Waals surface area contributed by atoms with Gasteiger partial charge in [-0.1, -0.05) is 193 Å². The summed E-state index contributed by atoms with van der Waals surface area (Å²) in [5, 5.41) is 30.8. The van der Waals surface area contributed by atoms with E-state index in [-0.39, 0.29) is 19.6 Å². The average Bonchev–Trinajstić information content (AvgIpc) is 3.36. The van der Waals surface area contributed by atoms with Gasteiger partial charge in [-0.05, 0) is 103 Å². The number of carbonyl (C=O) groups excluding carboxylic acids is 1. The van der Waals surface area contributed by atoms with Gasteiger partial charge in [-0.2, -0.15) is 8.42 Å². The van der Waals surface area contributed by atoms with Crippen molar-refractivity contribution in [2.75, 3.05) is 26.4 Å². The largest absolute Gasteiger partial charge is 0.457 e. The molecule has 72 heavy (non-hydrogen) atoms. The molecule has 1 aliphatic heterocycles. The van der Waals surface area contributed by atoms with Crippen molar-refractivity contribution in [1.82, 2.24) is 0 Å². The summed E-state index contributed by atoms with van der Waals surface area (Å²) in [6, 6.07) is 0. The summed E-state index contributed by atoms with van der Waals surface area (Å²) in [7, 11) is -5.08. The fourth-order valence-electron chi connectivity index (χ4n) is 7.55. The van der Waals surface area contributed by atoms with Crippen molar-refractivity contribution in [3.63, 3.8) is 0 Å². The quantitative estimate of drug-likeness (QED) is 0.0197. The highest BCUT2D eigenvalue weighted by Crippen LogP contribution is 2.26. The maximum absolute atomic E-state index is 12.9.